The Morgan fingerprint density at radius 1 is 1.45 bits per heavy atom. The Hall–Kier alpha value is -1.88. The van der Waals surface area contributed by atoms with Gasteiger partial charge in [0.05, 0.1) is 13.3 Å². The molecule has 0 radical (unpaired) electrons. The summed E-state index contributed by atoms with van der Waals surface area (Å²) in [6.45, 7) is 4.33. The fraction of sp³-hybridized carbons (Fsp3) is 0.400. The maximum atomic E-state index is 14.2. The van der Waals surface area contributed by atoms with Gasteiger partial charge in [-0.1, -0.05) is 25.1 Å². The number of methoxy groups -OCH3 is 1. The first-order valence-electron chi connectivity index (χ1n) is 6.62. The predicted octanol–water partition coefficient (Wildman–Crippen LogP) is 2.83. The van der Waals surface area contributed by atoms with Crippen molar-refractivity contribution < 1.29 is 14.2 Å². The van der Waals surface area contributed by atoms with Crippen molar-refractivity contribution in [2.45, 2.75) is 32.9 Å². The van der Waals surface area contributed by atoms with Crippen molar-refractivity contribution in [1.29, 1.82) is 0 Å². The largest absolute Gasteiger partial charge is 0.493 e. The third-order valence-corrected chi connectivity index (χ3v) is 3.28. The van der Waals surface area contributed by atoms with Gasteiger partial charge in [0.1, 0.15) is 17.6 Å². The zero-order chi connectivity index (χ0) is 14.7. The van der Waals surface area contributed by atoms with Crippen molar-refractivity contribution in [3.05, 3.63) is 47.0 Å². The van der Waals surface area contributed by atoms with Gasteiger partial charge in [-0.15, -0.1) is 0 Å². The van der Waals surface area contributed by atoms with Crippen LogP contribution in [0.2, 0.25) is 0 Å². The molecule has 0 amide bonds. The minimum absolute atomic E-state index is 0.237. The molecule has 2 aromatic rings. The molecule has 0 fully saturated rings. The number of aryl methyl sites for hydroxylation is 2. The number of aromatic nitrogens is 2. The number of hydrogen-bond donors (Lipinski definition) is 1. The summed E-state index contributed by atoms with van der Waals surface area (Å²) in [5.74, 6) is 0.0677. The monoisotopic (exact) mass is 278 g/mol. The quantitative estimate of drug-likeness (QED) is 0.915. The number of nitrogens with zero attached hydrogens (tertiary/aromatic N) is 2. The highest BCUT2D eigenvalue weighted by molar-refractivity contribution is 5.37. The summed E-state index contributed by atoms with van der Waals surface area (Å²) in [6, 6.07) is 4.98. The molecule has 1 N–H and O–H groups in total. The van der Waals surface area contributed by atoms with Gasteiger partial charge in [-0.2, -0.15) is 5.10 Å². The van der Waals surface area contributed by atoms with Crippen LogP contribution in [0.25, 0.3) is 0 Å². The van der Waals surface area contributed by atoms with E-state index in [-0.39, 0.29) is 5.56 Å². The standard InChI is InChI=1S/C15H19FN2O2/c1-4-8-18-14(12(20-3)9-17-18)15(19)11-7-5-6-10(2)13(11)16/h5-7,9,15,19H,4,8H2,1-3H3. The molecule has 1 unspecified atom stereocenters. The number of rotatable bonds is 5. The highest BCUT2D eigenvalue weighted by atomic mass is 19.1. The molecule has 0 bridgehead atoms. The van der Waals surface area contributed by atoms with Crippen LogP contribution in [0.4, 0.5) is 4.39 Å². The van der Waals surface area contributed by atoms with Crippen molar-refractivity contribution in [3.8, 4) is 5.75 Å². The minimum Gasteiger partial charge on any atom is -0.493 e. The summed E-state index contributed by atoms with van der Waals surface area (Å²) in [7, 11) is 1.51. The molecule has 0 spiro atoms. The van der Waals surface area contributed by atoms with Crippen LogP contribution in [-0.2, 0) is 6.54 Å². The number of aliphatic hydroxyl groups excluding tert-OH is 1. The van der Waals surface area contributed by atoms with Gasteiger partial charge in [0, 0.05) is 12.1 Å². The van der Waals surface area contributed by atoms with E-state index in [2.05, 4.69) is 5.10 Å². The first-order valence-corrected chi connectivity index (χ1v) is 6.62. The lowest BCUT2D eigenvalue weighted by molar-refractivity contribution is 0.197. The van der Waals surface area contributed by atoms with E-state index in [0.29, 0.717) is 23.6 Å². The Labute approximate surface area is 117 Å². The van der Waals surface area contributed by atoms with E-state index in [0.717, 1.165) is 6.42 Å². The van der Waals surface area contributed by atoms with E-state index >= 15 is 0 Å². The average Bonchev–Trinajstić information content (AvgIpc) is 2.84. The van der Waals surface area contributed by atoms with E-state index in [1.807, 2.05) is 6.92 Å². The summed E-state index contributed by atoms with van der Waals surface area (Å²) < 4.78 is 21.0. The first-order chi connectivity index (χ1) is 9.60. The van der Waals surface area contributed by atoms with Gasteiger partial charge in [-0.25, -0.2) is 4.39 Å². The minimum atomic E-state index is -1.10. The molecule has 1 heterocycles. The molecular weight excluding hydrogens is 259 g/mol. The molecular formula is C15H19FN2O2. The number of benzene rings is 1. The average molecular weight is 278 g/mol. The molecule has 20 heavy (non-hydrogen) atoms. The second-order valence-corrected chi connectivity index (χ2v) is 4.70. The molecule has 108 valence electrons. The van der Waals surface area contributed by atoms with Crippen molar-refractivity contribution >= 4 is 0 Å². The van der Waals surface area contributed by atoms with Gasteiger partial charge in [-0.05, 0) is 18.9 Å². The van der Waals surface area contributed by atoms with E-state index in [1.54, 1.807) is 36.0 Å². The van der Waals surface area contributed by atoms with Gasteiger partial charge in [0.25, 0.3) is 0 Å². The van der Waals surface area contributed by atoms with Crippen LogP contribution in [0, 0.1) is 12.7 Å². The Balaban J connectivity index is 2.49. The molecule has 0 aliphatic heterocycles. The van der Waals surface area contributed by atoms with Gasteiger partial charge < -0.3 is 9.84 Å². The van der Waals surface area contributed by atoms with Crippen molar-refractivity contribution in [2.24, 2.45) is 0 Å². The van der Waals surface area contributed by atoms with Crippen molar-refractivity contribution in [2.75, 3.05) is 7.11 Å². The molecule has 0 aliphatic rings. The molecule has 5 heteroatoms. The summed E-state index contributed by atoms with van der Waals surface area (Å²) in [5, 5.41) is 14.7. The molecule has 4 nitrogen and oxygen atoms in total. The van der Waals surface area contributed by atoms with E-state index in [1.165, 1.54) is 7.11 Å². The van der Waals surface area contributed by atoms with Crippen LogP contribution in [0.1, 0.15) is 36.3 Å². The van der Waals surface area contributed by atoms with Gasteiger partial charge in [0.2, 0.25) is 0 Å². The third-order valence-electron chi connectivity index (χ3n) is 3.28. The van der Waals surface area contributed by atoms with Gasteiger partial charge >= 0.3 is 0 Å². The van der Waals surface area contributed by atoms with E-state index < -0.39 is 11.9 Å². The lowest BCUT2D eigenvalue weighted by Crippen LogP contribution is -2.12. The Morgan fingerprint density at radius 2 is 2.20 bits per heavy atom. The lowest BCUT2D eigenvalue weighted by Gasteiger charge is -2.16. The SMILES string of the molecule is CCCn1ncc(OC)c1C(O)c1cccc(C)c1F. The summed E-state index contributed by atoms with van der Waals surface area (Å²) >= 11 is 0. The van der Waals surface area contributed by atoms with Crippen LogP contribution in [0.3, 0.4) is 0 Å². The fourth-order valence-corrected chi connectivity index (χ4v) is 2.23. The number of hydrogen-bond acceptors (Lipinski definition) is 3. The van der Waals surface area contributed by atoms with Crippen LogP contribution >= 0.6 is 0 Å². The molecule has 0 saturated carbocycles. The van der Waals surface area contributed by atoms with Crippen molar-refractivity contribution in [3.63, 3.8) is 0 Å². The van der Waals surface area contributed by atoms with Crippen LogP contribution in [0.5, 0.6) is 5.75 Å². The molecule has 2 rings (SSSR count). The zero-order valence-electron chi connectivity index (χ0n) is 11.9. The Morgan fingerprint density at radius 3 is 2.85 bits per heavy atom. The third kappa shape index (κ3) is 2.54. The van der Waals surface area contributed by atoms with Crippen LogP contribution < -0.4 is 4.74 Å². The van der Waals surface area contributed by atoms with Gasteiger partial charge in [-0.3, -0.25) is 4.68 Å². The van der Waals surface area contributed by atoms with Crippen LogP contribution in [0.15, 0.2) is 24.4 Å². The topological polar surface area (TPSA) is 47.3 Å². The maximum Gasteiger partial charge on any atom is 0.163 e. The number of halogens is 1. The highest BCUT2D eigenvalue weighted by Crippen LogP contribution is 2.32. The predicted molar refractivity (Wildman–Crippen MR) is 74.3 cm³/mol. The number of aliphatic hydroxyl groups is 1. The second kappa shape index (κ2) is 6.05. The lowest BCUT2D eigenvalue weighted by atomic mass is 10.0. The molecule has 0 aliphatic carbocycles. The maximum absolute atomic E-state index is 14.2. The first kappa shape index (κ1) is 14.5. The summed E-state index contributed by atoms with van der Waals surface area (Å²) in [4.78, 5) is 0. The Bertz CT molecular complexity index is 596. The van der Waals surface area contributed by atoms with E-state index in [4.69, 9.17) is 4.74 Å². The van der Waals surface area contributed by atoms with E-state index in [9.17, 15) is 9.50 Å². The molecule has 1 aromatic heterocycles. The molecule has 1 atom stereocenters. The Kier molecular flexibility index (Phi) is 4.39. The fourth-order valence-electron chi connectivity index (χ4n) is 2.23. The van der Waals surface area contributed by atoms with Crippen LogP contribution in [-0.4, -0.2) is 22.0 Å². The zero-order valence-corrected chi connectivity index (χ0v) is 11.9. The number of ether oxygens (including phenoxy) is 1. The summed E-state index contributed by atoms with van der Waals surface area (Å²) in [6.07, 6.45) is 1.31. The normalized spacial score (nSPS) is 12.4. The van der Waals surface area contributed by atoms with Crippen molar-refractivity contribution in [1.82, 2.24) is 9.78 Å². The smallest absolute Gasteiger partial charge is 0.163 e. The molecule has 0 saturated heterocycles. The highest BCUT2D eigenvalue weighted by Gasteiger charge is 2.24. The molecule has 1 aromatic carbocycles. The van der Waals surface area contributed by atoms with Gasteiger partial charge in [0.15, 0.2) is 5.75 Å². The second-order valence-electron chi connectivity index (χ2n) is 4.70. The summed E-state index contributed by atoms with van der Waals surface area (Å²) in [5.41, 5.74) is 1.22.